The summed E-state index contributed by atoms with van der Waals surface area (Å²) in [5, 5.41) is 0. The molecule has 1 unspecified atom stereocenters. The molecule has 1 aliphatic rings. The molecule has 2 N–H and O–H groups in total. The molecule has 1 aliphatic heterocycles. The number of piperidine rings is 1. The van der Waals surface area contributed by atoms with Crippen LogP contribution in [0.2, 0.25) is 0 Å². The zero-order chi connectivity index (χ0) is 11.8. The third-order valence-corrected chi connectivity index (χ3v) is 3.36. The first kappa shape index (κ1) is 13.9. The van der Waals surface area contributed by atoms with Gasteiger partial charge in [-0.2, -0.15) is 0 Å². The van der Waals surface area contributed by atoms with Crippen LogP contribution in [0.5, 0.6) is 0 Å². The highest BCUT2D eigenvalue weighted by atomic mass is 16.5. The minimum atomic E-state index is 0.364. The Bertz CT molecular complexity index is 167. The zero-order valence-electron chi connectivity index (χ0n) is 11.0. The van der Waals surface area contributed by atoms with Crippen LogP contribution in [0.15, 0.2) is 0 Å². The molecule has 1 fully saturated rings. The van der Waals surface area contributed by atoms with Crippen molar-refractivity contribution in [3.8, 4) is 0 Å². The van der Waals surface area contributed by atoms with Gasteiger partial charge in [0.05, 0.1) is 6.10 Å². The summed E-state index contributed by atoms with van der Waals surface area (Å²) in [6.07, 6.45) is 6.52. The monoisotopic (exact) mass is 228 g/mol. The van der Waals surface area contributed by atoms with E-state index in [0.717, 1.165) is 26.2 Å². The molecule has 1 heterocycles. The minimum absolute atomic E-state index is 0.364. The molecule has 0 radical (unpaired) electrons. The van der Waals surface area contributed by atoms with E-state index in [-0.39, 0.29) is 0 Å². The van der Waals surface area contributed by atoms with Gasteiger partial charge in [0.15, 0.2) is 0 Å². The van der Waals surface area contributed by atoms with E-state index in [0.29, 0.717) is 12.1 Å². The number of hydrogen-bond donors (Lipinski definition) is 1. The SMILES string of the molecule is CCCCC(N)CN1CCC(OCC)CC1. The second-order valence-electron chi connectivity index (χ2n) is 4.86. The summed E-state index contributed by atoms with van der Waals surface area (Å²) in [6, 6.07) is 0.364. The molecule has 0 aromatic rings. The number of unbranched alkanes of at least 4 members (excludes halogenated alkanes) is 1. The van der Waals surface area contributed by atoms with E-state index >= 15 is 0 Å². The van der Waals surface area contributed by atoms with Gasteiger partial charge in [-0.25, -0.2) is 0 Å². The number of nitrogens with two attached hydrogens (primary N) is 1. The first-order valence-electron chi connectivity index (χ1n) is 6.85. The Morgan fingerprint density at radius 3 is 2.56 bits per heavy atom. The van der Waals surface area contributed by atoms with Crippen LogP contribution < -0.4 is 5.73 Å². The van der Waals surface area contributed by atoms with Crippen molar-refractivity contribution in [1.29, 1.82) is 0 Å². The highest BCUT2D eigenvalue weighted by Crippen LogP contribution is 2.14. The molecule has 0 saturated carbocycles. The van der Waals surface area contributed by atoms with Crippen LogP contribution in [0, 0.1) is 0 Å². The molecule has 3 heteroatoms. The van der Waals surface area contributed by atoms with Gasteiger partial charge in [-0.05, 0) is 26.2 Å². The summed E-state index contributed by atoms with van der Waals surface area (Å²) in [4.78, 5) is 2.50. The quantitative estimate of drug-likeness (QED) is 0.724. The van der Waals surface area contributed by atoms with Crippen LogP contribution in [0.1, 0.15) is 46.0 Å². The highest BCUT2D eigenvalue weighted by Gasteiger charge is 2.20. The number of hydrogen-bond acceptors (Lipinski definition) is 3. The lowest BCUT2D eigenvalue weighted by Gasteiger charge is -2.33. The average Bonchev–Trinajstić information content (AvgIpc) is 2.29. The van der Waals surface area contributed by atoms with Crippen LogP contribution >= 0.6 is 0 Å². The van der Waals surface area contributed by atoms with Crippen molar-refractivity contribution in [3.63, 3.8) is 0 Å². The molecule has 1 atom stereocenters. The van der Waals surface area contributed by atoms with Gasteiger partial charge in [-0.3, -0.25) is 0 Å². The third kappa shape index (κ3) is 5.28. The smallest absolute Gasteiger partial charge is 0.0599 e. The summed E-state index contributed by atoms with van der Waals surface area (Å²) < 4.78 is 5.64. The van der Waals surface area contributed by atoms with E-state index in [2.05, 4.69) is 18.7 Å². The van der Waals surface area contributed by atoms with Gasteiger partial charge in [0, 0.05) is 32.3 Å². The Morgan fingerprint density at radius 2 is 2.00 bits per heavy atom. The molecule has 0 spiro atoms. The molecule has 96 valence electrons. The van der Waals surface area contributed by atoms with Gasteiger partial charge in [0.25, 0.3) is 0 Å². The molecule has 3 nitrogen and oxygen atoms in total. The molecular formula is C13H28N2O. The van der Waals surface area contributed by atoms with E-state index < -0.39 is 0 Å². The maximum Gasteiger partial charge on any atom is 0.0599 e. The van der Waals surface area contributed by atoms with Crippen molar-refractivity contribution in [2.45, 2.75) is 58.1 Å². The summed E-state index contributed by atoms with van der Waals surface area (Å²) in [5.74, 6) is 0. The predicted molar refractivity (Wildman–Crippen MR) is 68.6 cm³/mol. The van der Waals surface area contributed by atoms with E-state index in [4.69, 9.17) is 10.5 Å². The zero-order valence-corrected chi connectivity index (χ0v) is 11.0. The van der Waals surface area contributed by atoms with E-state index in [1.807, 2.05) is 0 Å². The lowest BCUT2D eigenvalue weighted by atomic mass is 10.1. The fourth-order valence-electron chi connectivity index (χ4n) is 2.38. The molecular weight excluding hydrogens is 200 g/mol. The second kappa shape index (κ2) is 8.04. The van der Waals surface area contributed by atoms with Crippen molar-refractivity contribution >= 4 is 0 Å². The standard InChI is InChI=1S/C13H28N2O/c1-3-5-6-12(14)11-15-9-7-13(8-10-15)16-4-2/h12-13H,3-11,14H2,1-2H3. The van der Waals surface area contributed by atoms with E-state index in [1.54, 1.807) is 0 Å². The topological polar surface area (TPSA) is 38.5 Å². The van der Waals surface area contributed by atoms with E-state index in [1.165, 1.54) is 32.1 Å². The van der Waals surface area contributed by atoms with Gasteiger partial charge >= 0.3 is 0 Å². The van der Waals surface area contributed by atoms with Crippen LogP contribution in [-0.4, -0.2) is 43.3 Å². The maximum atomic E-state index is 6.11. The fraction of sp³-hybridized carbons (Fsp3) is 1.00. The van der Waals surface area contributed by atoms with Crippen molar-refractivity contribution < 1.29 is 4.74 Å². The van der Waals surface area contributed by atoms with Crippen LogP contribution in [0.25, 0.3) is 0 Å². The fourth-order valence-corrected chi connectivity index (χ4v) is 2.38. The first-order valence-corrected chi connectivity index (χ1v) is 6.85. The lowest BCUT2D eigenvalue weighted by Crippen LogP contribution is -2.43. The summed E-state index contributed by atoms with van der Waals surface area (Å²) in [5.41, 5.74) is 6.11. The highest BCUT2D eigenvalue weighted by molar-refractivity contribution is 4.76. The minimum Gasteiger partial charge on any atom is -0.378 e. The molecule has 0 amide bonds. The third-order valence-electron chi connectivity index (χ3n) is 3.36. The number of nitrogens with zero attached hydrogens (tertiary/aromatic N) is 1. The average molecular weight is 228 g/mol. The summed E-state index contributed by atoms with van der Waals surface area (Å²) >= 11 is 0. The van der Waals surface area contributed by atoms with Crippen molar-refractivity contribution in [3.05, 3.63) is 0 Å². The van der Waals surface area contributed by atoms with Gasteiger partial charge in [-0.1, -0.05) is 19.8 Å². The Balaban J connectivity index is 2.11. The molecule has 0 aliphatic carbocycles. The largest absolute Gasteiger partial charge is 0.378 e. The van der Waals surface area contributed by atoms with Crippen LogP contribution in [0.4, 0.5) is 0 Å². The number of rotatable bonds is 7. The van der Waals surface area contributed by atoms with Gasteiger partial charge in [0.2, 0.25) is 0 Å². The summed E-state index contributed by atoms with van der Waals surface area (Å²) in [6.45, 7) is 8.53. The van der Waals surface area contributed by atoms with Crippen LogP contribution in [0.3, 0.4) is 0 Å². The Hall–Kier alpha value is -0.120. The lowest BCUT2D eigenvalue weighted by molar-refractivity contribution is 0.0130. The molecule has 16 heavy (non-hydrogen) atoms. The predicted octanol–water partition coefficient (Wildman–Crippen LogP) is 2.00. The van der Waals surface area contributed by atoms with Gasteiger partial charge in [-0.15, -0.1) is 0 Å². The maximum absolute atomic E-state index is 6.11. The van der Waals surface area contributed by atoms with E-state index in [9.17, 15) is 0 Å². The molecule has 1 rings (SSSR count). The molecule has 0 bridgehead atoms. The molecule has 1 saturated heterocycles. The Morgan fingerprint density at radius 1 is 1.31 bits per heavy atom. The van der Waals surface area contributed by atoms with Crippen molar-refractivity contribution in [1.82, 2.24) is 4.90 Å². The Kier molecular flexibility index (Phi) is 7.01. The van der Waals surface area contributed by atoms with Crippen LogP contribution in [-0.2, 0) is 4.74 Å². The second-order valence-corrected chi connectivity index (χ2v) is 4.86. The first-order chi connectivity index (χ1) is 7.76. The summed E-state index contributed by atoms with van der Waals surface area (Å²) in [7, 11) is 0. The number of ether oxygens (including phenoxy) is 1. The normalized spacial score (nSPS) is 21.2. The van der Waals surface area contributed by atoms with Gasteiger partial charge in [0.1, 0.15) is 0 Å². The van der Waals surface area contributed by atoms with Crippen molar-refractivity contribution in [2.75, 3.05) is 26.2 Å². The molecule has 0 aromatic carbocycles. The molecule has 0 aromatic heterocycles. The number of likely N-dealkylation sites (tertiary alicyclic amines) is 1. The van der Waals surface area contributed by atoms with Crippen molar-refractivity contribution in [2.24, 2.45) is 5.73 Å². The Labute approximate surface area is 100 Å². The van der Waals surface area contributed by atoms with Gasteiger partial charge < -0.3 is 15.4 Å².